The quantitative estimate of drug-likeness (QED) is 0.432. The van der Waals surface area contributed by atoms with Gasteiger partial charge in [0.25, 0.3) is 0 Å². The monoisotopic (exact) mass is 592 g/mol. The minimum absolute atomic E-state index is 0.0372. The van der Waals surface area contributed by atoms with Crippen LogP contribution < -0.4 is 4.72 Å². The van der Waals surface area contributed by atoms with Crippen LogP contribution >= 0.6 is 11.6 Å². The molecule has 2 atom stereocenters. The molecule has 1 saturated carbocycles. The molecule has 2 aromatic rings. The van der Waals surface area contributed by atoms with Gasteiger partial charge in [0.2, 0.25) is 21.8 Å². The Morgan fingerprint density at radius 3 is 2.38 bits per heavy atom. The van der Waals surface area contributed by atoms with Gasteiger partial charge in [-0.15, -0.1) is 0 Å². The highest BCUT2D eigenvalue weighted by atomic mass is 35.5. The fourth-order valence-electron chi connectivity index (χ4n) is 5.05. The average molecular weight is 593 g/mol. The van der Waals surface area contributed by atoms with Crippen LogP contribution in [0, 0.1) is 5.92 Å². The fraction of sp³-hybridized carbons (Fsp3) is 0.536. The van der Waals surface area contributed by atoms with Crippen LogP contribution in [0.25, 0.3) is 10.8 Å². The molecule has 2 aromatic carbocycles. The number of carboxylic acid groups (broad SMARTS) is 1. The van der Waals surface area contributed by atoms with Gasteiger partial charge < -0.3 is 19.8 Å². The number of rotatable bonds is 10. The highest BCUT2D eigenvalue weighted by Crippen LogP contribution is 2.30. The molecule has 1 aliphatic carbocycles. The second-order valence-corrected chi connectivity index (χ2v) is 13.8. The number of nitrogens with one attached hydrogen (secondary N) is 1. The minimum atomic E-state index is -4.00. The van der Waals surface area contributed by atoms with Crippen molar-refractivity contribution in [1.82, 2.24) is 19.4 Å². The van der Waals surface area contributed by atoms with E-state index in [0.717, 1.165) is 18.2 Å². The molecule has 0 spiro atoms. The third-order valence-corrected chi connectivity index (χ3v) is 9.27. The van der Waals surface area contributed by atoms with Crippen molar-refractivity contribution in [2.45, 2.75) is 69.5 Å². The van der Waals surface area contributed by atoms with Crippen LogP contribution in [0.4, 0.5) is 4.79 Å². The van der Waals surface area contributed by atoms with Crippen molar-refractivity contribution in [2.75, 3.05) is 26.2 Å². The Labute approximate surface area is 240 Å². The number of carbonyl (C=O) groups is 3. The molecule has 4 rings (SSSR count). The van der Waals surface area contributed by atoms with Gasteiger partial charge in [-0.2, -0.15) is 4.72 Å². The summed E-state index contributed by atoms with van der Waals surface area (Å²) in [7, 11) is -4.00. The van der Waals surface area contributed by atoms with Gasteiger partial charge in [-0.3, -0.25) is 9.59 Å². The highest BCUT2D eigenvalue weighted by Gasteiger charge is 2.41. The average Bonchev–Trinajstić information content (AvgIpc) is 3.62. The lowest BCUT2D eigenvalue weighted by Gasteiger charge is -2.36. The van der Waals surface area contributed by atoms with E-state index in [1.807, 2.05) is 0 Å². The minimum Gasteiger partial charge on any atom is -0.465 e. The molecular weight excluding hydrogens is 556 g/mol. The van der Waals surface area contributed by atoms with E-state index in [4.69, 9.17) is 11.6 Å². The lowest BCUT2D eigenvalue weighted by Crippen LogP contribution is -2.53. The molecule has 40 heavy (non-hydrogen) atoms. The molecule has 1 aliphatic heterocycles. The Hall–Kier alpha value is -2.89. The normalized spacial score (nSPS) is 18.7. The van der Waals surface area contributed by atoms with Crippen LogP contribution in [-0.2, 0) is 19.6 Å². The molecule has 10 nitrogen and oxygen atoms in total. The number of sulfonamides is 1. The number of halogens is 1. The molecule has 0 radical (unpaired) electrons. The zero-order chi connectivity index (χ0) is 29.4. The topological polar surface area (TPSA) is 127 Å². The van der Waals surface area contributed by atoms with E-state index in [9.17, 15) is 27.9 Å². The molecule has 3 amide bonds. The standard InChI is InChI=1S/C28H37ClN4O6S/c1-18(25(34)31(17-19-5-6-19)13-14-33(27(36)37)28(2,3)4)32-12-11-24(26(32)35)30-40(38,39)23-10-8-20-15-22(29)9-7-21(20)16-23/h7-10,15-16,18-19,24,30H,5-6,11-14,17H2,1-4H3,(H,36,37)/t18-,24-/m0/s1. The van der Waals surface area contributed by atoms with Crippen molar-refractivity contribution in [3.8, 4) is 0 Å². The summed E-state index contributed by atoms with van der Waals surface area (Å²) in [5.74, 6) is -0.350. The number of carbonyl (C=O) groups excluding carboxylic acids is 2. The van der Waals surface area contributed by atoms with Gasteiger partial charge in [-0.1, -0.05) is 23.7 Å². The molecule has 0 unspecified atom stereocenters. The van der Waals surface area contributed by atoms with Gasteiger partial charge in [-0.05, 0) is 87.9 Å². The van der Waals surface area contributed by atoms with E-state index in [-0.39, 0.29) is 36.9 Å². The summed E-state index contributed by atoms with van der Waals surface area (Å²) in [6.45, 7) is 8.15. The van der Waals surface area contributed by atoms with Crippen LogP contribution in [0.5, 0.6) is 0 Å². The molecule has 0 bridgehead atoms. The number of benzene rings is 2. The van der Waals surface area contributed by atoms with Gasteiger partial charge in [0.05, 0.1) is 4.90 Å². The van der Waals surface area contributed by atoms with E-state index in [1.165, 1.54) is 21.9 Å². The Balaban J connectivity index is 1.43. The molecule has 0 aromatic heterocycles. The maximum Gasteiger partial charge on any atom is 0.407 e. The Morgan fingerprint density at radius 1 is 1.10 bits per heavy atom. The number of fused-ring (bicyclic) bond motifs is 1. The second kappa shape index (κ2) is 11.5. The summed E-state index contributed by atoms with van der Waals surface area (Å²) in [6.07, 6.45) is 1.19. The number of amides is 3. The largest absolute Gasteiger partial charge is 0.465 e. The van der Waals surface area contributed by atoms with Crippen LogP contribution in [0.15, 0.2) is 41.3 Å². The summed E-state index contributed by atoms with van der Waals surface area (Å²) in [5.41, 5.74) is -0.626. The van der Waals surface area contributed by atoms with Crippen molar-refractivity contribution >= 4 is 50.3 Å². The first kappa shape index (κ1) is 30.1. The summed E-state index contributed by atoms with van der Waals surface area (Å²) < 4.78 is 28.8. The van der Waals surface area contributed by atoms with Gasteiger partial charge >= 0.3 is 6.09 Å². The maximum atomic E-state index is 13.6. The number of hydrogen-bond acceptors (Lipinski definition) is 5. The van der Waals surface area contributed by atoms with E-state index in [1.54, 1.807) is 56.9 Å². The highest BCUT2D eigenvalue weighted by molar-refractivity contribution is 7.89. The lowest BCUT2D eigenvalue weighted by molar-refractivity contribution is -0.143. The number of likely N-dealkylation sites (tertiary alicyclic amines) is 1. The molecule has 1 heterocycles. The molecule has 12 heteroatoms. The molecular formula is C28H37ClN4O6S. The van der Waals surface area contributed by atoms with E-state index in [0.29, 0.717) is 22.9 Å². The van der Waals surface area contributed by atoms with Crippen LogP contribution in [-0.4, -0.2) is 89.9 Å². The second-order valence-electron chi connectivity index (χ2n) is 11.7. The van der Waals surface area contributed by atoms with Crippen molar-refractivity contribution < 1.29 is 27.9 Å². The Kier molecular flexibility index (Phi) is 8.68. The summed E-state index contributed by atoms with van der Waals surface area (Å²) in [6, 6.07) is 8.03. The lowest BCUT2D eigenvalue weighted by atomic mass is 10.1. The van der Waals surface area contributed by atoms with Crippen LogP contribution in [0.3, 0.4) is 0 Å². The molecule has 2 aliphatic rings. The molecule has 2 N–H and O–H groups in total. The van der Waals surface area contributed by atoms with E-state index < -0.39 is 39.6 Å². The van der Waals surface area contributed by atoms with Gasteiger partial charge in [0.15, 0.2) is 0 Å². The molecule has 218 valence electrons. The Bertz CT molecular complexity index is 1410. The molecule has 1 saturated heterocycles. The first-order chi connectivity index (χ1) is 18.7. The summed E-state index contributed by atoms with van der Waals surface area (Å²) in [4.78, 5) is 43.0. The van der Waals surface area contributed by atoms with Gasteiger partial charge in [0, 0.05) is 36.7 Å². The predicted octanol–water partition coefficient (Wildman–Crippen LogP) is 3.78. The third-order valence-electron chi connectivity index (χ3n) is 7.57. The number of nitrogens with zero attached hydrogens (tertiary/aromatic N) is 3. The maximum absolute atomic E-state index is 13.6. The van der Waals surface area contributed by atoms with Gasteiger partial charge in [0.1, 0.15) is 12.1 Å². The fourth-order valence-corrected chi connectivity index (χ4v) is 6.49. The first-order valence-corrected chi connectivity index (χ1v) is 15.3. The van der Waals surface area contributed by atoms with Gasteiger partial charge in [-0.25, -0.2) is 13.2 Å². The number of hydrogen-bond donors (Lipinski definition) is 2. The molecule has 2 fully saturated rings. The predicted molar refractivity (Wildman–Crippen MR) is 153 cm³/mol. The van der Waals surface area contributed by atoms with E-state index >= 15 is 0 Å². The zero-order valence-electron chi connectivity index (χ0n) is 23.3. The van der Waals surface area contributed by atoms with Crippen molar-refractivity contribution in [3.05, 3.63) is 41.4 Å². The third kappa shape index (κ3) is 6.87. The van der Waals surface area contributed by atoms with Crippen LogP contribution in [0.1, 0.15) is 47.0 Å². The van der Waals surface area contributed by atoms with Crippen molar-refractivity contribution in [2.24, 2.45) is 5.92 Å². The zero-order valence-corrected chi connectivity index (χ0v) is 24.8. The SMILES string of the molecule is C[C@@H](C(=O)N(CCN(C(=O)O)C(C)(C)C)CC1CC1)N1CC[C@H](NS(=O)(=O)c2ccc3cc(Cl)ccc3c2)C1=O. The van der Waals surface area contributed by atoms with E-state index in [2.05, 4.69) is 4.72 Å². The summed E-state index contributed by atoms with van der Waals surface area (Å²) in [5, 5.41) is 11.7. The van der Waals surface area contributed by atoms with Crippen molar-refractivity contribution in [3.63, 3.8) is 0 Å². The smallest absolute Gasteiger partial charge is 0.407 e. The first-order valence-electron chi connectivity index (χ1n) is 13.5. The Morgan fingerprint density at radius 2 is 1.75 bits per heavy atom. The summed E-state index contributed by atoms with van der Waals surface area (Å²) >= 11 is 6.02. The van der Waals surface area contributed by atoms with Crippen LogP contribution in [0.2, 0.25) is 5.02 Å². The van der Waals surface area contributed by atoms with Crippen molar-refractivity contribution in [1.29, 1.82) is 0 Å².